The molecule has 23 heavy (non-hydrogen) atoms. The molecule has 0 bridgehead atoms. The first-order valence-corrected chi connectivity index (χ1v) is 9.04. The molecule has 0 unspecified atom stereocenters. The Labute approximate surface area is 148 Å². The number of thiazole rings is 1. The molecule has 0 saturated carbocycles. The van der Waals surface area contributed by atoms with Crippen LogP contribution in [0.5, 0.6) is 5.75 Å². The summed E-state index contributed by atoms with van der Waals surface area (Å²) in [6, 6.07) is 8.29. The Kier molecular flexibility index (Phi) is 5.04. The van der Waals surface area contributed by atoms with E-state index in [4.69, 9.17) is 4.74 Å². The van der Waals surface area contributed by atoms with Gasteiger partial charge in [0, 0.05) is 9.85 Å². The lowest BCUT2D eigenvalue weighted by Gasteiger charge is -2.06. The van der Waals surface area contributed by atoms with E-state index in [1.54, 1.807) is 17.4 Å². The lowest BCUT2D eigenvalue weighted by molar-refractivity contribution is -0.118. The standard InChI is InChI=1S/C15H10BrFN2O2S2/c16-9-3-4-12(10(17)6-9)21-7-14(20)19-15-18-11(8-23-15)13-2-1-5-22-13/h1-6,8H,7H2,(H,18,19,20). The molecule has 3 rings (SSSR count). The van der Waals surface area contributed by atoms with Gasteiger partial charge in [0.05, 0.1) is 10.6 Å². The number of nitrogens with zero attached hydrogens (tertiary/aromatic N) is 1. The molecular weight excluding hydrogens is 403 g/mol. The van der Waals surface area contributed by atoms with Crippen LogP contribution < -0.4 is 10.1 Å². The molecule has 2 aromatic heterocycles. The first-order chi connectivity index (χ1) is 11.1. The number of ether oxygens (including phenoxy) is 1. The number of carbonyl (C=O) groups excluding carboxylic acids is 1. The maximum atomic E-state index is 13.6. The van der Waals surface area contributed by atoms with Gasteiger partial charge in [-0.1, -0.05) is 22.0 Å². The Balaban J connectivity index is 1.57. The van der Waals surface area contributed by atoms with Crippen molar-refractivity contribution in [1.82, 2.24) is 4.98 Å². The second kappa shape index (κ2) is 7.20. The third-order valence-corrected chi connectivity index (χ3v) is 4.92. The van der Waals surface area contributed by atoms with Crippen molar-refractivity contribution >= 4 is 49.6 Å². The van der Waals surface area contributed by atoms with E-state index in [1.807, 2.05) is 22.9 Å². The number of amides is 1. The molecule has 0 saturated heterocycles. The summed E-state index contributed by atoms with van der Waals surface area (Å²) < 4.78 is 19.4. The van der Waals surface area contributed by atoms with Gasteiger partial charge in [0.1, 0.15) is 0 Å². The fraction of sp³-hybridized carbons (Fsp3) is 0.0667. The molecule has 0 spiro atoms. The third kappa shape index (κ3) is 4.15. The maximum Gasteiger partial charge on any atom is 0.264 e. The fourth-order valence-electron chi connectivity index (χ4n) is 1.76. The van der Waals surface area contributed by atoms with Crippen LogP contribution in [0.4, 0.5) is 9.52 Å². The molecule has 8 heteroatoms. The van der Waals surface area contributed by atoms with Gasteiger partial charge in [0.2, 0.25) is 0 Å². The molecule has 1 aromatic carbocycles. The largest absolute Gasteiger partial charge is 0.481 e. The molecule has 2 heterocycles. The molecule has 3 aromatic rings. The summed E-state index contributed by atoms with van der Waals surface area (Å²) in [6.45, 7) is -0.285. The number of hydrogen-bond acceptors (Lipinski definition) is 5. The second-order valence-electron chi connectivity index (χ2n) is 4.43. The molecule has 0 aliphatic rings. The third-order valence-electron chi connectivity index (χ3n) is 2.78. The second-order valence-corrected chi connectivity index (χ2v) is 7.15. The summed E-state index contributed by atoms with van der Waals surface area (Å²) in [5, 5.41) is 6.96. The van der Waals surface area contributed by atoms with Crippen LogP contribution in [-0.4, -0.2) is 17.5 Å². The summed E-state index contributed by atoms with van der Waals surface area (Å²) >= 11 is 6.07. The van der Waals surface area contributed by atoms with Crippen LogP contribution in [0.3, 0.4) is 0 Å². The Morgan fingerprint density at radius 1 is 1.35 bits per heavy atom. The number of carbonyl (C=O) groups is 1. The summed E-state index contributed by atoms with van der Waals surface area (Å²) in [6.07, 6.45) is 0. The lowest BCUT2D eigenvalue weighted by Crippen LogP contribution is -2.20. The highest BCUT2D eigenvalue weighted by Crippen LogP contribution is 2.28. The molecule has 118 valence electrons. The van der Waals surface area contributed by atoms with E-state index in [1.165, 1.54) is 23.5 Å². The van der Waals surface area contributed by atoms with Crippen LogP contribution in [0.25, 0.3) is 10.6 Å². The summed E-state index contributed by atoms with van der Waals surface area (Å²) in [5.41, 5.74) is 0.820. The first kappa shape index (κ1) is 16.1. The van der Waals surface area contributed by atoms with Crippen molar-refractivity contribution in [3.05, 3.63) is 51.4 Å². The van der Waals surface area contributed by atoms with Crippen molar-refractivity contribution in [2.24, 2.45) is 0 Å². The average Bonchev–Trinajstić information content (AvgIpc) is 3.17. The zero-order valence-electron chi connectivity index (χ0n) is 11.6. The lowest BCUT2D eigenvalue weighted by atomic mass is 10.3. The normalized spacial score (nSPS) is 10.5. The summed E-state index contributed by atoms with van der Waals surface area (Å²) in [5.74, 6) is -0.887. The van der Waals surface area contributed by atoms with E-state index in [0.717, 1.165) is 10.6 Å². The molecular formula is C15H10BrFN2O2S2. The minimum Gasteiger partial charge on any atom is -0.481 e. The summed E-state index contributed by atoms with van der Waals surface area (Å²) in [7, 11) is 0. The minimum atomic E-state index is -0.526. The van der Waals surface area contributed by atoms with Crippen molar-refractivity contribution < 1.29 is 13.9 Å². The van der Waals surface area contributed by atoms with Crippen molar-refractivity contribution in [2.75, 3.05) is 11.9 Å². The molecule has 1 N–H and O–H groups in total. The Hall–Kier alpha value is -1.77. The van der Waals surface area contributed by atoms with E-state index in [2.05, 4.69) is 26.2 Å². The molecule has 0 atom stereocenters. The van der Waals surface area contributed by atoms with Gasteiger partial charge in [0.15, 0.2) is 23.3 Å². The van der Waals surface area contributed by atoms with Gasteiger partial charge in [-0.15, -0.1) is 22.7 Å². The van der Waals surface area contributed by atoms with Crippen molar-refractivity contribution in [2.45, 2.75) is 0 Å². The van der Waals surface area contributed by atoms with Crippen LogP contribution >= 0.6 is 38.6 Å². The highest BCUT2D eigenvalue weighted by atomic mass is 79.9. The first-order valence-electron chi connectivity index (χ1n) is 6.49. The van der Waals surface area contributed by atoms with Gasteiger partial charge in [-0.3, -0.25) is 10.1 Å². The number of rotatable bonds is 5. The van der Waals surface area contributed by atoms with Gasteiger partial charge in [-0.25, -0.2) is 9.37 Å². The zero-order valence-corrected chi connectivity index (χ0v) is 14.8. The summed E-state index contributed by atoms with van der Waals surface area (Å²) in [4.78, 5) is 17.2. The number of nitrogens with one attached hydrogen (secondary N) is 1. The van der Waals surface area contributed by atoms with Crippen LogP contribution in [0.15, 0.2) is 45.6 Å². The minimum absolute atomic E-state index is 0.0294. The van der Waals surface area contributed by atoms with E-state index in [-0.39, 0.29) is 18.3 Å². The average molecular weight is 413 g/mol. The van der Waals surface area contributed by atoms with Crippen LogP contribution in [0, 0.1) is 5.82 Å². The highest BCUT2D eigenvalue weighted by molar-refractivity contribution is 9.10. The Morgan fingerprint density at radius 3 is 2.96 bits per heavy atom. The number of halogens is 2. The smallest absolute Gasteiger partial charge is 0.264 e. The molecule has 4 nitrogen and oxygen atoms in total. The van der Waals surface area contributed by atoms with Gasteiger partial charge >= 0.3 is 0 Å². The van der Waals surface area contributed by atoms with Crippen LogP contribution in [0.1, 0.15) is 0 Å². The Bertz CT molecular complexity index is 821. The van der Waals surface area contributed by atoms with E-state index >= 15 is 0 Å². The van der Waals surface area contributed by atoms with Crippen LogP contribution in [-0.2, 0) is 4.79 Å². The molecule has 0 fully saturated rings. The number of anilines is 1. The van der Waals surface area contributed by atoms with E-state index < -0.39 is 5.82 Å². The Morgan fingerprint density at radius 2 is 2.22 bits per heavy atom. The predicted molar refractivity (Wildman–Crippen MR) is 93.7 cm³/mol. The van der Waals surface area contributed by atoms with Gasteiger partial charge in [-0.05, 0) is 29.6 Å². The van der Waals surface area contributed by atoms with E-state index in [9.17, 15) is 9.18 Å². The van der Waals surface area contributed by atoms with Gasteiger partial charge in [0.25, 0.3) is 5.91 Å². The molecule has 1 amide bonds. The maximum absolute atomic E-state index is 13.6. The van der Waals surface area contributed by atoms with Gasteiger partial charge in [-0.2, -0.15) is 0 Å². The zero-order chi connectivity index (χ0) is 16.2. The van der Waals surface area contributed by atoms with Crippen LogP contribution in [0.2, 0.25) is 0 Å². The van der Waals surface area contributed by atoms with Crippen molar-refractivity contribution in [1.29, 1.82) is 0 Å². The quantitative estimate of drug-likeness (QED) is 0.655. The monoisotopic (exact) mass is 412 g/mol. The number of hydrogen-bond donors (Lipinski definition) is 1. The number of thiophene rings is 1. The highest BCUT2D eigenvalue weighted by Gasteiger charge is 2.11. The van der Waals surface area contributed by atoms with Crippen molar-refractivity contribution in [3.63, 3.8) is 0 Å². The van der Waals surface area contributed by atoms with Crippen molar-refractivity contribution in [3.8, 4) is 16.3 Å². The van der Waals surface area contributed by atoms with Gasteiger partial charge < -0.3 is 4.74 Å². The fourth-order valence-corrected chi connectivity index (χ4v) is 3.58. The molecule has 0 aliphatic heterocycles. The number of aromatic nitrogens is 1. The SMILES string of the molecule is O=C(COc1ccc(Br)cc1F)Nc1nc(-c2cccs2)cs1. The van der Waals surface area contributed by atoms with E-state index in [0.29, 0.717) is 9.60 Å². The molecule has 0 radical (unpaired) electrons. The topological polar surface area (TPSA) is 51.2 Å². The predicted octanol–water partition coefficient (Wildman–Crippen LogP) is 4.79. The number of benzene rings is 1. The molecule has 0 aliphatic carbocycles.